The van der Waals surface area contributed by atoms with Crippen molar-refractivity contribution in [1.29, 1.82) is 0 Å². The van der Waals surface area contributed by atoms with Crippen LogP contribution in [0.5, 0.6) is 0 Å². The van der Waals surface area contributed by atoms with Gasteiger partial charge in [0.2, 0.25) is 0 Å². The first kappa shape index (κ1) is 15.0. The van der Waals surface area contributed by atoms with E-state index in [4.69, 9.17) is 5.73 Å². The average Bonchev–Trinajstić information content (AvgIpc) is 2.83. The zero-order valence-electron chi connectivity index (χ0n) is 9.56. The molecular weight excluding hydrogens is 324 g/mol. The van der Waals surface area contributed by atoms with Crippen LogP contribution in [0.15, 0.2) is 15.9 Å². The molecule has 6 heteroatoms. The Bertz CT molecular complexity index is 399. The Kier molecular flexibility index (Phi) is 5.44. The van der Waals surface area contributed by atoms with E-state index in [-0.39, 0.29) is 18.3 Å². The van der Waals surface area contributed by atoms with Crippen molar-refractivity contribution in [3.05, 3.63) is 20.8 Å². The summed E-state index contributed by atoms with van der Waals surface area (Å²) in [6.07, 6.45) is 1.02. The zero-order chi connectivity index (χ0) is 11.7. The lowest BCUT2D eigenvalue weighted by Crippen LogP contribution is -2.33. The molecule has 2 unspecified atom stereocenters. The van der Waals surface area contributed by atoms with E-state index < -0.39 is 0 Å². The second kappa shape index (κ2) is 6.18. The maximum atomic E-state index is 12.2. The first-order chi connectivity index (χ1) is 7.61. The summed E-state index contributed by atoms with van der Waals surface area (Å²) in [4.78, 5) is 14.9. The van der Waals surface area contributed by atoms with Crippen molar-refractivity contribution in [2.75, 3.05) is 13.1 Å². The first-order valence-electron chi connectivity index (χ1n) is 5.37. The van der Waals surface area contributed by atoms with E-state index in [0.29, 0.717) is 18.5 Å². The number of thiophene rings is 1. The van der Waals surface area contributed by atoms with Crippen molar-refractivity contribution in [2.24, 2.45) is 11.7 Å². The normalized spacial score (nSPS) is 23.6. The lowest BCUT2D eigenvalue weighted by atomic mass is 10.1. The lowest BCUT2D eigenvalue weighted by Gasteiger charge is -2.20. The van der Waals surface area contributed by atoms with Crippen molar-refractivity contribution in [3.8, 4) is 0 Å². The highest BCUT2D eigenvalue weighted by molar-refractivity contribution is 9.10. The largest absolute Gasteiger partial charge is 0.335 e. The van der Waals surface area contributed by atoms with Gasteiger partial charge in [-0.15, -0.1) is 23.7 Å². The molecule has 0 radical (unpaired) electrons. The molecule has 0 aliphatic carbocycles. The molecule has 2 rings (SSSR count). The fourth-order valence-corrected chi connectivity index (χ4v) is 3.54. The van der Waals surface area contributed by atoms with E-state index in [2.05, 4.69) is 22.9 Å². The first-order valence-corrected chi connectivity index (χ1v) is 7.04. The van der Waals surface area contributed by atoms with Crippen LogP contribution in [0.2, 0.25) is 0 Å². The molecule has 2 N–H and O–H groups in total. The van der Waals surface area contributed by atoms with E-state index >= 15 is 0 Å². The molecule has 1 fully saturated rings. The van der Waals surface area contributed by atoms with Crippen molar-refractivity contribution >= 4 is 45.6 Å². The summed E-state index contributed by atoms with van der Waals surface area (Å²) < 4.78 is 0.975. The predicted molar refractivity (Wildman–Crippen MR) is 76.9 cm³/mol. The minimum Gasteiger partial charge on any atom is -0.335 e. The van der Waals surface area contributed by atoms with E-state index in [1.807, 2.05) is 16.3 Å². The molecule has 0 aromatic carbocycles. The molecule has 1 aromatic rings. The van der Waals surface area contributed by atoms with E-state index in [9.17, 15) is 4.79 Å². The molecule has 1 amide bonds. The molecular formula is C11H16BrClN2OS. The molecule has 1 aliphatic rings. The van der Waals surface area contributed by atoms with Gasteiger partial charge in [0.05, 0.1) is 4.88 Å². The molecule has 96 valence electrons. The Hall–Kier alpha value is -0.100. The molecule has 1 saturated heterocycles. The topological polar surface area (TPSA) is 46.3 Å². The van der Waals surface area contributed by atoms with Gasteiger partial charge < -0.3 is 10.6 Å². The Labute approximate surface area is 120 Å². The molecule has 0 bridgehead atoms. The third-order valence-corrected chi connectivity index (χ3v) is 4.71. The smallest absolute Gasteiger partial charge is 0.264 e. The van der Waals surface area contributed by atoms with Crippen molar-refractivity contribution < 1.29 is 4.79 Å². The molecule has 1 aromatic heterocycles. The molecule has 0 spiro atoms. The third-order valence-electron chi connectivity index (χ3n) is 3.03. The van der Waals surface area contributed by atoms with Crippen LogP contribution in [0, 0.1) is 5.92 Å². The van der Waals surface area contributed by atoms with Crippen molar-refractivity contribution in [3.63, 3.8) is 0 Å². The highest BCUT2D eigenvalue weighted by Crippen LogP contribution is 2.27. The summed E-state index contributed by atoms with van der Waals surface area (Å²) in [6.45, 7) is 3.56. The summed E-state index contributed by atoms with van der Waals surface area (Å²) in [5.74, 6) is 0.599. The predicted octanol–water partition coefficient (Wildman–Crippen LogP) is 2.74. The fraction of sp³-hybridized carbons (Fsp3) is 0.545. The van der Waals surface area contributed by atoms with Crippen LogP contribution in [0.1, 0.15) is 23.0 Å². The summed E-state index contributed by atoms with van der Waals surface area (Å²) in [6, 6.07) is 2.19. The van der Waals surface area contributed by atoms with Crippen LogP contribution < -0.4 is 5.73 Å². The Morgan fingerprint density at radius 1 is 1.71 bits per heavy atom. The lowest BCUT2D eigenvalue weighted by molar-refractivity contribution is 0.0748. The molecule has 0 saturated carbocycles. The van der Waals surface area contributed by atoms with Crippen LogP contribution in [-0.2, 0) is 0 Å². The second-order valence-corrected chi connectivity index (χ2v) is 6.10. The molecule has 2 atom stereocenters. The maximum absolute atomic E-state index is 12.2. The molecule has 2 heterocycles. The van der Waals surface area contributed by atoms with Gasteiger partial charge >= 0.3 is 0 Å². The van der Waals surface area contributed by atoms with Gasteiger partial charge in [0.25, 0.3) is 5.91 Å². The van der Waals surface area contributed by atoms with Crippen LogP contribution in [0.3, 0.4) is 0 Å². The standard InChI is InChI=1S/C11H15BrN2OS.ClH/c1-7-2-8(4-13)5-14(7)11(15)10-3-9(12)6-16-10;/h3,6-8H,2,4-5,13H2,1H3;1H. The monoisotopic (exact) mass is 338 g/mol. The maximum Gasteiger partial charge on any atom is 0.264 e. The highest BCUT2D eigenvalue weighted by atomic mass is 79.9. The Morgan fingerprint density at radius 3 is 2.88 bits per heavy atom. The molecule has 1 aliphatic heterocycles. The Balaban J connectivity index is 0.00000144. The van der Waals surface area contributed by atoms with Crippen molar-refractivity contribution in [1.82, 2.24) is 4.90 Å². The summed E-state index contributed by atoms with van der Waals surface area (Å²) in [7, 11) is 0. The van der Waals surface area contributed by atoms with Gasteiger partial charge in [-0.05, 0) is 47.8 Å². The van der Waals surface area contributed by atoms with Gasteiger partial charge in [-0.2, -0.15) is 0 Å². The van der Waals surface area contributed by atoms with Gasteiger partial charge in [0.1, 0.15) is 0 Å². The second-order valence-electron chi connectivity index (χ2n) is 4.27. The summed E-state index contributed by atoms with van der Waals surface area (Å²) >= 11 is 4.86. The minimum absolute atomic E-state index is 0. The summed E-state index contributed by atoms with van der Waals surface area (Å²) in [5.41, 5.74) is 5.66. The number of amides is 1. The summed E-state index contributed by atoms with van der Waals surface area (Å²) in [5, 5.41) is 1.94. The number of carbonyl (C=O) groups excluding carboxylic acids is 1. The number of hydrogen-bond acceptors (Lipinski definition) is 3. The van der Waals surface area contributed by atoms with Crippen LogP contribution in [0.25, 0.3) is 0 Å². The van der Waals surface area contributed by atoms with Gasteiger partial charge in [-0.25, -0.2) is 0 Å². The Morgan fingerprint density at radius 2 is 2.41 bits per heavy atom. The van der Waals surface area contributed by atoms with Gasteiger partial charge in [0, 0.05) is 22.4 Å². The van der Waals surface area contributed by atoms with E-state index in [0.717, 1.165) is 22.3 Å². The number of nitrogens with two attached hydrogens (primary N) is 1. The average molecular weight is 340 g/mol. The number of hydrogen-bond donors (Lipinski definition) is 1. The van der Waals surface area contributed by atoms with Gasteiger partial charge in [-0.3, -0.25) is 4.79 Å². The van der Waals surface area contributed by atoms with Crippen LogP contribution in [0.4, 0.5) is 0 Å². The highest BCUT2D eigenvalue weighted by Gasteiger charge is 2.32. The van der Waals surface area contributed by atoms with Gasteiger partial charge in [0.15, 0.2) is 0 Å². The van der Waals surface area contributed by atoms with Gasteiger partial charge in [-0.1, -0.05) is 0 Å². The fourth-order valence-electron chi connectivity index (χ4n) is 2.16. The van der Waals surface area contributed by atoms with E-state index in [1.165, 1.54) is 11.3 Å². The third kappa shape index (κ3) is 3.22. The molecule has 3 nitrogen and oxygen atoms in total. The number of nitrogens with zero attached hydrogens (tertiary/aromatic N) is 1. The van der Waals surface area contributed by atoms with E-state index in [1.54, 1.807) is 0 Å². The zero-order valence-corrected chi connectivity index (χ0v) is 12.8. The van der Waals surface area contributed by atoms with Crippen LogP contribution >= 0.6 is 39.7 Å². The SMILES string of the molecule is CC1CC(CN)CN1C(=O)c1cc(Br)cs1.Cl. The quantitative estimate of drug-likeness (QED) is 0.900. The number of halogens is 2. The number of likely N-dealkylation sites (tertiary alicyclic amines) is 1. The molecule has 17 heavy (non-hydrogen) atoms. The van der Waals surface area contributed by atoms with Crippen molar-refractivity contribution in [2.45, 2.75) is 19.4 Å². The number of carbonyl (C=O) groups is 1. The number of rotatable bonds is 2. The van der Waals surface area contributed by atoms with Crippen LogP contribution in [-0.4, -0.2) is 29.9 Å². The minimum atomic E-state index is 0.